The van der Waals surface area contributed by atoms with Crippen LogP contribution in [0.2, 0.25) is 0 Å². The van der Waals surface area contributed by atoms with Crippen LogP contribution in [0.3, 0.4) is 0 Å². The van der Waals surface area contributed by atoms with Gasteiger partial charge < -0.3 is 28.8 Å². The number of likely N-dealkylation sites (N-methyl/N-ethyl adjacent to an activating group) is 1. The highest BCUT2D eigenvalue weighted by Gasteiger charge is 2.67. The summed E-state index contributed by atoms with van der Waals surface area (Å²) in [4.78, 5) is 29.5. The summed E-state index contributed by atoms with van der Waals surface area (Å²) >= 11 is 0. The molecule has 1 fully saturated rings. The predicted octanol–water partition coefficient (Wildman–Crippen LogP) is 5.91. The molecule has 43 heavy (non-hydrogen) atoms. The van der Waals surface area contributed by atoms with E-state index < -0.39 is 23.6 Å². The Labute approximate surface area is 247 Å². The zero-order valence-corrected chi connectivity index (χ0v) is 24.3. The van der Waals surface area contributed by atoms with Gasteiger partial charge in [-0.3, -0.25) is 9.59 Å². The first-order valence-corrected chi connectivity index (χ1v) is 14.7. The Morgan fingerprint density at radius 3 is 2.30 bits per heavy atom. The van der Waals surface area contributed by atoms with Gasteiger partial charge in [-0.1, -0.05) is 54.6 Å². The van der Waals surface area contributed by atoms with Gasteiger partial charge >= 0.3 is 0 Å². The standard InChI is InChI=1S/C35H30N4O4/c1-34(42-4)30(37(3)32(41)19-12-6-5-7-13-19)33-38-23-16-10-8-14-20(23)26-27-22(18-36-31(27)40)25-21-15-9-11-17-24(21)39(29(25)28(26)38)35(34,2)43-33/h5-17,30,33H,18H2,1-4H3,(H,36,40)/t30-,33?,34-,35+/m1/s1. The SMILES string of the molecule is CO[C@]1(C)[C@H](N(C)C(=O)c2ccccc2)C2O[C@]1(C)n1c3ccccc3c3c4c(c5c6ccccc6n2c5c31)C(=O)NC4. The van der Waals surface area contributed by atoms with Crippen molar-refractivity contribution in [1.29, 1.82) is 0 Å². The Morgan fingerprint density at radius 1 is 0.930 bits per heavy atom. The highest BCUT2D eigenvalue weighted by molar-refractivity contribution is 6.31. The van der Waals surface area contributed by atoms with Gasteiger partial charge in [0.25, 0.3) is 11.8 Å². The van der Waals surface area contributed by atoms with Crippen molar-refractivity contribution in [3.8, 4) is 0 Å². The lowest BCUT2D eigenvalue weighted by molar-refractivity contribution is -0.184. The summed E-state index contributed by atoms with van der Waals surface area (Å²) in [5, 5.41) is 7.14. The average Bonchev–Trinajstić information content (AvgIpc) is 3.72. The number of aromatic nitrogens is 2. The number of hydrogen-bond acceptors (Lipinski definition) is 4. The minimum absolute atomic E-state index is 0.0622. The lowest BCUT2D eigenvalue weighted by Gasteiger charge is -2.45. The molecule has 2 aromatic heterocycles. The van der Waals surface area contributed by atoms with Crippen LogP contribution >= 0.6 is 0 Å². The number of amides is 2. The van der Waals surface area contributed by atoms with Gasteiger partial charge in [-0.25, -0.2) is 0 Å². The van der Waals surface area contributed by atoms with Gasteiger partial charge in [0.2, 0.25) is 0 Å². The van der Waals surface area contributed by atoms with Gasteiger partial charge in [0, 0.05) is 47.8 Å². The zero-order valence-electron chi connectivity index (χ0n) is 24.3. The molecule has 2 amide bonds. The highest BCUT2D eigenvalue weighted by atomic mass is 16.6. The summed E-state index contributed by atoms with van der Waals surface area (Å²) in [6, 6.07) is 25.3. The molecule has 2 bridgehead atoms. The number of benzene rings is 4. The second-order valence-corrected chi connectivity index (χ2v) is 12.3. The number of methoxy groups -OCH3 is 1. The maximum absolute atomic E-state index is 14.1. The van der Waals surface area contributed by atoms with Crippen LogP contribution in [0, 0.1) is 0 Å². The van der Waals surface area contributed by atoms with Gasteiger partial charge in [-0.2, -0.15) is 0 Å². The molecule has 1 saturated heterocycles. The number of para-hydroxylation sites is 2. The number of carbonyl (C=O) groups excluding carboxylic acids is 2. The molecule has 1 N–H and O–H groups in total. The molecule has 0 aliphatic carbocycles. The van der Waals surface area contributed by atoms with E-state index in [1.807, 2.05) is 61.6 Å². The number of hydrogen-bond donors (Lipinski definition) is 1. The third kappa shape index (κ3) is 2.70. The van der Waals surface area contributed by atoms with Gasteiger partial charge in [0.05, 0.1) is 27.6 Å². The molecule has 0 spiro atoms. The Kier molecular flexibility index (Phi) is 4.65. The first-order chi connectivity index (χ1) is 20.8. The van der Waals surface area contributed by atoms with E-state index in [1.54, 1.807) is 12.0 Å². The van der Waals surface area contributed by atoms with E-state index >= 15 is 0 Å². The summed E-state index contributed by atoms with van der Waals surface area (Å²) in [5.74, 6) is -0.177. The first kappa shape index (κ1) is 24.9. The maximum Gasteiger partial charge on any atom is 0.254 e. The molecule has 0 radical (unpaired) electrons. The van der Waals surface area contributed by atoms with Gasteiger partial charge in [0.15, 0.2) is 12.0 Å². The fourth-order valence-corrected chi connectivity index (χ4v) is 8.40. The van der Waals surface area contributed by atoms with Gasteiger partial charge in [-0.15, -0.1) is 0 Å². The first-order valence-electron chi connectivity index (χ1n) is 14.7. The fourth-order valence-electron chi connectivity index (χ4n) is 8.40. The molecule has 214 valence electrons. The topological polar surface area (TPSA) is 77.7 Å². The van der Waals surface area contributed by atoms with Crippen molar-refractivity contribution in [2.24, 2.45) is 0 Å². The molecular weight excluding hydrogens is 540 g/mol. The Morgan fingerprint density at radius 2 is 1.58 bits per heavy atom. The summed E-state index contributed by atoms with van der Waals surface area (Å²) in [7, 11) is 3.54. The largest absolute Gasteiger partial charge is 0.371 e. The Bertz CT molecular complexity index is 2220. The predicted molar refractivity (Wildman–Crippen MR) is 165 cm³/mol. The summed E-state index contributed by atoms with van der Waals surface area (Å²) in [6.07, 6.45) is -0.612. The third-order valence-corrected chi connectivity index (χ3v) is 10.5. The fraction of sp³-hybridized carbons (Fsp3) is 0.257. The quantitative estimate of drug-likeness (QED) is 0.287. The van der Waals surface area contributed by atoms with Crippen LogP contribution in [0.1, 0.15) is 46.4 Å². The minimum Gasteiger partial charge on any atom is -0.371 e. The van der Waals surface area contributed by atoms with Crippen LogP contribution in [0.25, 0.3) is 43.6 Å². The molecule has 6 aromatic rings. The minimum atomic E-state index is -1.03. The lowest BCUT2D eigenvalue weighted by Crippen LogP contribution is -2.60. The van der Waals surface area contributed by atoms with Crippen LogP contribution < -0.4 is 5.32 Å². The molecular formula is C35H30N4O4. The molecule has 8 nitrogen and oxygen atoms in total. The molecule has 4 atom stereocenters. The lowest BCUT2D eigenvalue weighted by atomic mass is 9.85. The van der Waals surface area contributed by atoms with Crippen molar-refractivity contribution in [1.82, 2.24) is 19.4 Å². The summed E-state index contributed by atoms with van der Waals surface area (Å²) in [6.45, 7) is 4.60. The molecule has 8 heteroatoms. The Hall–Kier alpha value is -4.66. The van der Waals surface area contributed by atoms with Crippen molar-refractivity contribution in [3.05, 3.63) is 95.6 Å². The second kappa shape index (κ2) is 8.03. The number of carbonyl (C=O) groups is 2. The second-order valence-electron chi connectivity index (χ2n) is 12.3. The smallest absolute Gasteiger partial charge is 0.254 e. The van der Waals surface area contributed by atoms with Gasteiger partial charge in [0.1, 0.15) is 11.6 Å². The van der Waals surface area contributed by atoms with E-state index in [0.29, 0.717) is 12.1 Å². The van der Waals surface area contributed by atoms with E-state index in [0.717, 1.165) is 54.7 Å². The molecule has 0 saturated carbocycles. The van der Waals surface area contributed by atoms with Crippen LogP contribution in [-0.2, 0) is 21.7 Å². The third-order valence-electron chi connectivity index (χ3n) is 10.5. The molecule has 9 rings (SSSR count). The monoisotopic (exact) mass is 570 g/mol. The summed E-state index contributed by atoms with van der Waals surface area (Å²) < 4.78 is 18.3. The number of nitrogens with zero attached hydrogens (tertiary/aromatic N) is 3. The van der Waals surface area contributed by atoms with E-state index in [2.05, 4.69) is 52.6 Å². The average molecular weight is 571 g/mol. The van der Waals surface area contributed by atoms with E-state index in [4.69, 9.17) is 9.47 Å². The molecule has 1 unspecified atom stereocenters. The molecule has 3 aliphatic heterocycles. The number of ether oxygens (including phenoxy) is 2. The van der Waals surface area contributed by atoms with Crippen molar-refractivity contribution >= 4 is 55.4 Å². The van der Waals surface area contributed by atoms with Crippen LogP contribution in [-0.4, -0.2) is 51.6 Å². The van der Waals surface area contributed by atoms with Gasteiger partial charge in [-0.05, 0) is 43.7 Å². The van der Waals surface area contributed by atoms with Crippen LogP contribution in [0.4, 0.5) is 0 Å². The maximum atomic E-state index is 14.1. The van der Waals surface area contributed by atoms with Crippen molar-refractivity contribution < 1.29 is 19.1 Å². The highest BCUT2D eigenvalue weighted by Crippen LogP contribution is 2.59. The molecule has 4 aromatic carbocycles. The van der Waals surface area contributed by atoms with Crippen LogP contribution in [0.15, 0.2) is 78.9 Å². The van der Waals surface area contributed by atoms with Crippen molar-refractivity contribution in [3.63, 3.8) is 0 Å². The van der Waals surface area contributed by atoms with Crippen molar-refractivity contribution in [2.75, 3.05) is 14.2 Å². The van der Waals surface area contributed by atoms with E-state index in [1.165, 1.54) is 0 Å². The number of fused-ring (bicyclic) bond motifs is 13. The molecule has 3 aliphatic rings. The van der Waals surface area contributed by atoms with Crippen LogP contribution in [0.5, 0.6) is 0 Å². The number of nitrogens with one attached hydrogen (secondary N) is 1. The van der Waals surface area contributed by atoms with E-state index in [9.17, 15) is 9.59 Å². The number of rotatable bonds is 3. The van der Waals surface area contributed by atoms with Crippen molar-refractivity contribution in [2.45, 2.75) is 44.0 Å². The summed E-state index contributed by atoms with van der Waals surface area (Å²) in [5.41, 5.74) is 4.24. The normalized spacial score (nSPS) is 25.6. The zero-order chi connectivity index (χ0) is 29.4. The van der Waals surface area contributed by atoms with E-state index in [-0.39, 0.29) is 11.8 Å². The molecule has 5 heterocycles. The Balaban J connectivity index is 1.49.